The molecule has 0 aromatic heterocycles. The van der Waals surface area contributed by atoms with Gasteiger partial charge < -0.3 is 0 Å². The van der Waals surface area contributed by atoms with Gasteiger partial charge in [-0.05, 0) is 0 Å². The van der Waals surface area contributed by atoms with Gasteiger partial charge in [-0.2, -0.15) is 0 Å². The van der Waals surface area contributed by atoms with Gasteiger partial charge in [-0.3, -0.25) is 0 Å². The molecule has 0 aliphatic rings. The quantitative estimate of drug-likeness (QED) is 0.0509. The second-order valence-corrected chi connectivity index (χ2v) is 23.1. The first-order chi connectivity index (χ1) is 21.0. The molecule has 0 atom stereocenters. The van der Waals surface area contributed by atoms with Crippen LogP contribution < -0.4 is 0 Å². The Balaban J connectivity index is 5.13. The molecule has 4 heteroatoms. The summed E-state index contributed by atoms with van der Waals surface area (Å²) in [6, 6.07) is 0. The molecule has 0 spiro atoms. The van der Waals surface area contributed by atoms with Gasteiger partial charge in [-0.15, -0.1) is 0 Å². The fourth-order valence-electron chi connectivity index (χ4n) is 6.52. The van der Waals surface area contributed by atoms with Crippen molar-refractivity contribution in [3.63, 3.8) is 0 Å². The second kappa shape index (κ2) is 28.4. The number of hydrogen-bond acceptors (Lipinski definition) is 3. The van der Waals surface area contributed by atoms with E-state index in [-0.39, 0.29) is 0 Å². The fraction of sp³-hybridized carbons (Fsp3) is 1.00. The Hall–Kier alpha value is 0.434. The van der Waals surface area contributed by atoms with Crippen molar-refractivity contribution in [2.75, 3.05) is 13.2 Å². The van der Waals surface area contributed by atoms with E-state index in [1.165, 1.54) is 116 Å². The van der Waals surface area contributed by atoms with Gasteiger partial charge in [-0.1, -0.05) is 0 Å². The minimum absolute atomic E-state index is 0.628. The van der Waals surface area contributed by atoms with E-state index in [0.717, 1.165) is 62.2 Å². The van der Waals surface area contributed by atoms with Crippen LogP contribution in [0.1, 0.15) is 209 Å². The van der Waals surface area contributed by atoms with Crippen LogP contribution in [-0.2, 0) is 26.0 Å². The van der Waals surface area contributed by atoms with Crippen LogP contribution in [0.5, 0.6) is 0 Å². The summed E-state index contributed by atoms with van der Waals surface area (Å²) in [5, 5.41) is 0. The molecule has 3 nitrogen and oxygen atoms in total. The summed E-state index contributed by atoms with van der Waals surface area (Å²) >= 11 is -4.76. The number of hydrogen-bond donors (Lipinski definition) is 0. The Kier molecular flexibility index (Phi) is 28.7. The zero-order valence-electron chi connectivity index (χ0n) is 31.8. The third kappa shape index (κ3) is 28.6. The van der Waals surface area contributed by atoms with Crippen LogP contribution in [-0.4, -0.2) is 13.2 Å². The third-order valence-corrected chi connectivity index (χ3v) is 16.4. The van der Waals surface area contributed by atoms with E-state index in [4.69, 9.17) is 6.64 Å². The molecule has 0 bridgehead atoms. The molecule has 0 aliphatic carbocycles. The van der Waals surface area contributed by atoms with Crippen molar-refractivity contribution < 1.29 is 26.0 Å². The Bertz CT molecular complexity index is 614. The molecule has 0 aromatic rings. The molecule has 0 radical (unpaired) electrons. The standard InChI is InChI=1S/2C10H21O.2C10H21.O.Ti/c2*1-10(2)8-6-4-3-5-7-9-11;2*1-4-5-6-7-8-9-10(2)3;;/h2*10H,3-9H2,1-2H3;2*10H,1,4-9H2,2-3H3;;/q2*-1;;;;+2. The maximum absolute atomic E-state index is 15.2. The second-order valence-electron chi connectivity index (χ2n) is 16.4. The summed E-state index contributed by atoms with van der Waals surface area (Å²) in [6.45, 7) is 19.8. The molecule has 44 heavy (non-hydrogen) atoms. The fourth-order valence-corrected chi connectivity index (χ4v) is 12.7. The van der Waals surface area contributed by atoms with Crippen molar-refractivity contribution in [1.29, 1.82) is 0 Å². The molecular formula is C40H84O3Ti. The molecule has 0 fully saturated rings. The first-order valence-electron chi connectivity index (χ1n) is 20.1. The summed E-state index contributed by atoms with van der Waals surface area (Å²) in [4.78, 5) is 0. The molecule has 0 saturated carbocycles. The molecule has 0 aromatic carbocycles. The van der Waals surface area contributed by atoms with Crippen molar-refractivity contribution in [2.45, 2.75) is 219 Å². The van der Waals surface area contributed by atoms with Gasteiger partial charge in [0.25, 0.3) is 0 Å². The van der Waals surface area contributed by atoms with Crippen LogP contribution in [0.3, 0.4) is 0 Å². The first kappa shape index (κ1) is 44.4. The zero-order valence-corrected chi connectivity index (χ0v) is 33.4. The van der Waals surface area contributed by atoms with Gasteiger partial charge in [0.05, 0.1) is 0 Å². The van der Waals surface area contributed by atoms with Crippen molar-refractivity contribution in [3.8, 4) is 0 Å². The summed E-state index contributed by atoms with van der Waals surface area (Å²) in [5.41, 5.74) is 0. The van der Waals surface area contributed by atoms with Crippen LogP contribution in [0.25, 0.3) is 0 Å². The van der Waals surface area contributed by atoms with Crippen molar-refractivity contribution in [2.24, 2.45) is 23.7 Å². The van der Waals surface area contributed by atoms with E-state index in [2.05, 4.69) is 55.4 Å². The Morgan fingerprint density at radius 3 is 0.841 bits per heavy atom. The predicted octanol–water partition coefficient (Wildman–Crippen LogP) is 14.7. The van der Waals surface area contributed by atoms with Crippen molar-refractivity contribution in [1.82, 2.24) is 0 Å². The molecule has 0 heterocycles. The van der Waals surface area contributed by atoms with Crippen molar-refractivity contribution in [3.05, 3.63) is 0 Å². The normalized spacial score (nSPS) is 12.9. The number of unbranched alkanes of at least 4 members (excludes halogenated alkanes) is 16. The Labute approximate surface area is 280 Å². The van der Waals surface area contributed by atoms with E-state index < -0.39 is 16.1 Å². The minimum atomic E-state index is -4.76. The average Bonchev–Trinajstić information content (AvgIpc) is 2.94. The van der Waals surface area contributed by atoms with Gasteiger partial charge in [0.1, 0.15) is 0 Å². The maximum atomic E-state index is 15.2. The molecular weight excluding hydrogens is 576 g/mol. The zero-order chi connectivity index (χ0) is 33.0. The van der Waals surface area contributed by atoms with E-state index in [1.54, 1.807) is 0 Å². The molecule has 0 rings (SSSR count). The van der Waals surface area contributed by atoms with E-state index in [1.807, 2.05) is 0 Å². The molecule has 266 valence electrons. The molecule has 0 N–H and O–H groups in total. The van der Waals surface area contributed by atoms with E-state index in [9.17, 15) is 0 Å². The van der Waals surface area contributed by atoms with Crippen LogP contribution in [0.4, 0.5) is 0 Å². The topological polar surface area (TPSA) is 35.5 Å². The van der Waals surface area contributed by atoms with Gasteiger partial charge >= 0.3 is 282 Å². The molecule has 0 saturated heterocycles. The van der Waals surface area contributed by atoms with Crippen LogP contribution >= 0.6 is 0 Å². The van der Waals surface area contributed by atoms with E-state index in [0.29, 0.717) is 22.7 Å². The monoisotopic (exact) mass is 661 g/mol. The summed E-state index contributed by atoms with van der Waals surface area (Å²) in [7, 11) is 0. The number of rotatable bonds is 34. The Morgan fingerprint density at radius 2 is 0.568 bits per heavy atom. The summed E-state index contributed by atoms with van der Waals surface area (Å²) < 4.78 is 29.9. The van der Waals surface area contributed by atoms with Crippen LogP contribution in [0.15, 0.2) is 0 Å². The van der Waals surface area contributed by atoms with Gasteiger partial charge in [0.2, 0.25) is 0 Å². The van der Waals surface area contributed by atoms with Gasteiger partial charge in [-0.25, -0.2) is 0 Å². The summed E-state index contributed by atoms with van der Waals surface area (Å²) in [5.74, 6) is 3.19. The van der Waals surface area contributed by atoms with E-state index >= 15 is 3.32 Å². The molecule has 0 unspecified atom stereocenters. The van der Waals surface area contributed by atoms with Gasteiger partial charge in [0.15, 0.2) is 0 Å². The SMILES string of the molecule is CC(C)CCCCCCC[O][Ti](=[O])([CH2]CCCCCCC(C)C)([CH2]CCCCCCC(C)C)[O]CCCCCCCC(C)C. The van der Waals surface area contributed by atoms with Gasteiger partial charge in [0, 0.05) is 0 Å². The third-order valence-electron chi connectivity index (χ3n) is 9.58. The molecule has 0 amide bonds. The summed E-state index contributed by atoms with van der Waals surface area (Å²) in [6.07, 6.45) is 29.6. The van der Waals surface area contributed by atoms with Crippen molar-refractivity contribution >= 4 is 0 Å². The average molecular weight is 661 g/mol. The predicted molar refractivity (Wildman–Crippen MR) is 192 cm³/mol. The first-order valence-corrected chi connectivity index (χ1v) is 24.3. The Morgan fingerprint density at radius 1 is 0.341 bits per heavy atom. The van der Waals surface area contributed by atoms with Crippen LogP contribution in [0.2, 0.25) is 9.45 Å². The molecule has 0 aliphatic heterocycles. The van der Waals surface area contributed by atoms with Crippen LogP contribution in [0, 0.1) is 23.7 Å².